The molecule has 0 radical (unpaired) electrons. The van der Waals surface area contributed by atoms with Crippen molar-refractivity contribution in [1.29, 1.82) is 0 Å². The van der Waals surface area contributed by atoms with Crippen molar-refractivity contribution in [1.82, 2.24) is 24.5 Å². The number of carboxylic acid groups (broad SMARTS) is 1. The van der Waals surface area contributed by atoms with Gasteiger partial charge in [0.1, 0.15) is 12.6 Å². The van der Waals surface area contributed by atoms with Crippen LogP contribution in [-0.4, -0.2) is 81.1 Å². The van der Waals surface area contributed by atoms with Crippen molar-refractivity contribution in [2.45, 2.75) is 62.9 Å². The van der Waals surface area contributed by atoms with Crippen molar-refractivity contribution in [2.24, 2.45) is 11.1 Å². The molecule has 4 rings (SSSR count). The van der Waals surface area contributed by atoms with Crippen LogP contribution in [0, 0.1) is 10.8 Å². The number of benzene rings is 3. The van der Waals surface area contributed by atoms with Gasteiger partial charge in [-0.25, -0.2) is 18.2 Å². The minimum atomic E-state index is -4.11. The fraction of sp³-hybridized carbons (Fsp3) is 0.343. The number of aromatic amines is 1. The molecule has 49 heavy (non-hydrogen) atoms. The number of nitrogens with one attached hydrogen (secondary N) is 2. The standard InChI is InChI=1S/C35H42N6O7S/c1-25(2)21-40(49(47,48)30-15-13-27(14-16-30)19-38-46)23-33(42)31(17-26-9-5-3-6-10-26)39-34(43)32(18-29-20-36-24-37-29)41(35(44)45)22-28-11-7-4-8-12-28/h3-16,20,24-25,31-33,42H,17-19,21-23H2,1-2H3,(H,36,37)(H,39,43)(H,44,45)/t31-,32-,33+/m0/s1. The van der Waals surface area contributed by atoms with Gasteiger partial charge in [0.05, 0.1) is 23.4 Å². The first-order valence-electron chi connectivity index (χ1n) is 15.9. The largest absolute Gasteiger partial charge is 0.465 e. The Bertz CT molecular complexity index is 1740. The molecule has 0 fully saturated rings. The fourth-order valence-corrected chi connectivity index (χ4v) is 7.10. The van der Waals surface area contributed by atoms with Crippen molar-refractivity contribution >= 4 is 22.0 Å². The first kappa shape index (κ1) is 36.9. The fourth-order valence-electron chi connectivity index (χ4n) is 5.47. The van der Waals surface area contributed by atoms with Crippen LogP contribution in [0.1, 0.15) is 36.2 Å². The molecule has 14 heteroatoms. The van der Waals surface area contributed by atoms with Crippen molar-refractivity contribution in [3.63, 3.8) is 0 Å². The molecule has 3 aromatic carbocycles. The van der Waals surface area contributed by atoms with Crippen LogP contribution in [0.15, 0.2) is 108 Å². The molecule has 13 nitrogen and oxygen atoms in total. The van der Waals surface area contributed by atoms with Crippen LogP contribution >= 0.6 is 0 Å². The first-order chi connectivity index (χ1) is 23.5. The Balaban J connectivity index is 1.65. The van der Waals surface area contributed by atoms with E-state index in [0.29, 0.717) is 16.8 Å². The van der Waals surface area contributed by atoms with Crippen molar-refractivity contribution in [2.75, 3.05) is 13.1 Å². The minimum absolute atomic E-state index is 0.0173. The summed E-state index contributed by atoms with van der Waals surface area (Å²) in [6.07, 6.45) is 0.354. The minimum Gasteiger partial charge on any atom is -0.465 e. The summed E-state index contributed by atoms with van der Waals surface area (Å²) < 4.78 is 28.9. The Hall–Kier alpha value is -4.92. The molecule has 0 unspecified atom stereocenters. The maximum Gasteiger partial charge on any atom is 0.408 e. The van der Waals surface area contributed by atoms with Gasteiger partial charge in [-0.3, -0.25) is 9.69 Å². The van der Waals surface area contributed by atoms with E-state index in [1.54, 1.807) is 24.3 Å². The van der Waals surface area contributed by atoms with E-state index in [4.69, 9.17) is 0 Å². The molecule has 260 valence electrons. The lowest BCUT2D eigenvalue weighted by atomic mass is 9.99. The van der Waals surface area contributed by atoms with Crippen LogP contribution in [0.4, 0.5) is 4.79 Å². The van der Waals surface area contributed by atoms with Gasteiger partial charge >= 0.3 is 6.09 Å². The molecule has 0 saturated carbocycles. The summed E-state index contributed by atoms with van der Waals surface area (Å²) in [6.45, 7) is 3.26. The number of aliphatic hydroxyl groups is 1. The van der Waals surface area contributed by atoms with E-state index < -0.39 is 40.2 Å². The summed E-state index contributed by atoms with van der Waals surface area (Å²) in [7, 11) is -4.11. The van der Waals surface area contributed by atoms with Crippen LogP contribution < -0.4 is 5.32 Å². The molecule has 4 N–H and O–H groups in total. The van der Waals surface area contributed by atoms with E-state index in [1.165, 1.54) is 41.1 Å². The number of nitroso groups, excluding NO2 is 1. The normalized spacial score (nSPS) is 13.5. The zero-order valence-electron chi connectivity index (χ0n) is 27.4. The molecule has 2 amide bonds. The lowest BCUT2D eigenvalue weighted by Gasteiger charge is -2.33. The van der Waals surface area contributed by atoms with Crippen molar-refractivity contribution < 1.29 is 28.2 Å². The van der Waals surface area contributed by atoms with Gasteiger partial charge in [0, 0.05) is 37.9 Å². The molecule has 1 aromatic heterocycles. The van der Waals surface area contributed by atoms with Gasteiger partial charge in [-0.1, -0.05) is 91.8 Å². The van der Waals surface area contributed by atoms with Gasteiger partial charge in [-0.05, 0) is 41.2 Å². The number of hydrogen-bond donors (Lipinski definition) is 4. The predicted octanol–water partition coefficient (Wildman–Crippen LogP) is 4.20. The number of rotatable bonds is 18. The molecule has 0 spiro atoms. The summed E-state index contributed by atoms with van der Waals surface area (Å²) in [4.78, 5) is 45.4. The third-order valence-electron chi connectivity index (χ3n) is 7.95. The molecule has 0 aliphatic rings. The van der Waals surface area contributed by atoms with Crippen LogP contribution in [0.3, 0.4) is 0 Å². The molecule has 1 heterocycles. The number of aliphatic hydroxyl groups excluding tert-OH is 1. The number of carbonyl (C=O) groups is 2. The summed E-state index contributed by atoms with van der Waals surface area (Å²) in [5.74, 6) is -0.769. The Morgan fingerprint density at radius 2 is 1.53 bits per heavy atom. The lowest BCUT2D eigenvalue weighted by molar-refractivity contribution is -0.127. The molecule has 0 bridgehead atoms. The van der Waals surface area contributed by atoms with Gasteiger partial charge in [-0.15, -0.1) is 0 Å². The highest BCUT2D eigenvalue weighted by Crippen LogP contribution is 2.21. The van der Waals surface area contributed by atoms with Gasteiger partial charge in [0.15, 0.2) is 0 Å². The maximum absolute atomic E-state index is 14.2. The van der Waals surface area contributed by atoms with Crippen molar-refractivity contribution in [3.05, 3.63) is 125 Å². The van der Waals surface area contributed by atoms with Crippen molar-refractivity contribution in [3.8, 4) is 0 Å². The molecule has 4 aromatic rings. The maximum atomic E-state index is 14.2. The smallest absolute Gasteiger partial charge is 0.408 e. The Kier molecular flexibility index (Phi) is 13.2. The van der Waals surface area contributed by atoms with E-state index in [-0.39, 0.29) is 49.8 Å². The number of amides is 2. The average Bonchev–Trinajstić information content (AvgIpc) is 3.60. The summed E-state index contributed by atoms with van der Waals surface area (Å²) in [6, 6.07) is 21.6. The predicted molar refractivity (Wildman–Crippen MR) is 184 cm³/mol. The van der Waals surface area contributed by atoms with Crippen LogP contribution in [0.2, 0.25) is 0 Å². The number of H-pyrrole nitrogens is 1. The van der Waals surface area contributed by atoms with Gasteiger partial charge in [-0.2, -0.15) is 9.21 Å². The molecule has 0 aliphatic heterocycles. The lowest BCUT2D eigenvalue weighted by Crippen LogP contribution is -2.56. The molecular formula is C35H42N6O7S. The average molecular weight is 691 g/mol. The number of imidazole rings is 1. The zero-order chi connectivity index (χ0) is 35.4. The van der Waals surface area contributed by atoms with E-state index in [1.807, 2.05) is 50.2 Å². The highest BCUT2D eigenvalue weighted by Gasteiger charge is 2.35. The topological polar surface area (TPSA) is 185 Å². The molecule has 0 saturated heterocycles. The third-order valence-corrected chi connectivity index (χ3v) is 9.79. The molecule has 3 atom stereocenters. The van der Waals surface area contributed by atoms with E-state index in [0.717, 1.165) is 10.5 Å². The number of hydrogen-bond acceptors (Lipinski definition) is 8. The summed E-state index contributed by atoms with van der Waals surface area (Å²) >= 11 is 0. The second-order valence-electron chi connectivity index (χ2n) is 12.2. The quantitative estimate of drug-likeness (QED) is 0.112. The molecular weight excluding hydrogens is 648 g/mol. The van der Waals surface area contributed by atoms with E-state index in [2.05, 4.69) is 20.5 Å². The van der Waals surface area contributed by atoms with Crippen LogP contribution in [0.25, 0.3) is 0 Å². The Morgan fingerprint density at radius 3 is 2.08 bits per heavy atom. The number of aromatic nitrogens is 2. The second kappa shape index (κ2) is 17.5. The van der Waals surface area contributed by atoms with E-state index in [9.17, 15) is 33.1 Å². The summed E-state index contributed by atoms with van der Waals surface area (Å²) in [5, 5.41) is 27.7. The molecule has 0 aliphatic carbocycles. The van der Waals surface area contributed by atoms with Crippen LogP contribution in [-0.2, 0) is 40.7 Å². The number of carbonyl (C=O) groups excluding carboxylic acids is 1. The monoisotopic (exact) mass is 690 g/mol. The van der Waals surface area contributed by atoms with Gasteiger partial charge < -0.3 is 20.5 Å². The second-order valence-corrected chi connectivity index (χ2v) is 14.1. The number of nitrogens with zero attached hydrogens (tertiary/aromatic N) is 4. The highest BCUT2D eigenvalue weighted by atomic mass is 32.2. The van der Waals surface area contributed by atoms with Gasteiger partial charge in [0.2, 0.25) is 15.9 Å². The number of sulfonamides is 1. The zero-order valence-corrected chi connectivity index (χ0v) is 28.2. The van der Waals surface area contributed by atoms with Gasteiger partial charge in [0.25, 0.3) is 0 Å². The first-order valence-corrected chi connectivity index (χ1v) is 17.3. The third kappa shape index (κ3) is 10.5. The highest BCUT2D eigenvalue weighted by molar-refractivity contribution is 7.89. The Morgan fingerprint density at radius 1 is 0.898 bits per heavy atom. The Labute approximate surface area is 286 Å². The summed E-state index contributed by atoms with van der Waals surface area (Å²) in [5.41, 5.74) is 2.54. The van der Waals surface area contributed by atoms with Crippen LogP contribution in [0.5, 0.6) is 0 Å². The van der Waals surface area contributed by atoms with E-state index >= 15 is 0 Å². The SMILES string of the molecule is CC(C)CN(C[C@@H](O)[C@H](Cc1ccccc1)NC(=O)[C@H](Cc1cnc[nH]1)N(Cc1ccccc1)C(=O)O)S(=O)(=O)c1ccc(CN=O)cc1.